The predicted molar refractivity (Wildman–Crippen MR) is 119 cm³/mol. The molecule has 0 aliphatic rings. The van der Waals surface area contributed by atoms with Crippen molar-refractivity contribution in [2.24, 2.45) is 0 Å². The van der Waals surface area contributed by atoms with Gasteiger partial charge < -0.3 is 0 Å². The lowest BCUT2D eigenvalue weighted by Gasteiger charge is -2.00. The van der Waals surface area contributed by atoms with Crippen LogP contribution in [0.15, 0.2) is 115 Å². The number of nitrogens with zero attached hydrogens (tertiary/aromatic N) is 1. The van der Waals surface area contributed by atoms with Crippen LogP contribution in [0.25, 0.3) is 0 Å². The lowest BCUT2D eigenvalue weighted by atomic mass is 10.0. The molecule has 0 fully saturated rings. The van der Waals surface area contributed by atoms with E-state index in [-0.39, 0.29) is 17.3 Å². The molecule has 0 amide bonds. The van der Waals surface area contributed by atoms with E-state index in [1.165, 1.54) is 24.3 Å². The average molecular weight is 409 g/mol. The van der Waals surface area contributed by atoms with Gasteiger partial charge in [-0.25, -0.2) is 0 Å². The number of ketones is 2. The Bertz CT molecular complexity index is 1110. The molecule has 0 radical (unpaired) electrons. The molecular formula is C26H19NO4. The van der Waals surface area contributed by atoms with E-state index in [9.17, 15) is 19.7 Å². The van der Waals surface area contributed by atoms with Crippen LogP contribution in [0.5, 0.6) is 0 Å². The third kappa shape index (κ3) is 5.81. The second kappa shape index (κ2) is 10.4. The van der Waals surface area contributed by atoms with Gasteiger partial charge in [-0.3, -0.25) is 19.7 Å². The minimum atomic E-state index is -0.489. The first-order chi connectivity index (χ1) is 15.1. The van der Waals surface area contributed by atoms with E-state index in [1.807, 2.05) is 66.7 Å². The van der Waals surface area contributed by atoms with E-state index in [0.717, 1.165) is 11.1 Å². The molecule has 0 heterocycles. The highest BCUT2D eigenvalue weighted by Crippen LogP contribution is 2.15. The Hall–Kier alpha value is -4.38. The Labute approximate surface area is 179 Å². The molecule has 0 saturated heterocycles. The lowest BCUT2D eigenvalue weighted by Crippen LogP contribution is -2.00. The maximum atomic E-state index is 12.0. The molecule has 0 aliphatic heterocycles. The van der Waals surface area contributed by atoms with Gasteiger partial charge >= 0.3 is 0 Å². The monoisotopic (exact) mass is 409 g/mol. The summed E-state index contributed by atoms with van der Waals surface area (Å²) < 4.78 is 0. The van der Waals surface area contributed by atoms with Crippen LogP contribution in [0.3, 0.4) is 0 Å². The van der Waals surface area contributed by atoms with E-state index < -0.39 is 4.92 Å². The van der Waals surface area contributed by atoms with Crippen LogP contribution in [0.4, 0.5) is 5.69 Å². The van der Waals surface area contributed by atoms with Crippen molar-refractivity contribution in [3.63, 3.8) is 0 Å². The molecular weight excluding hydrogens is 390 g/mol. The summed E-state index contributed by atoms with van der Waals surface area (Å²) in [5.41, 5.74) is 2.47. The maximum Gasteiger partial charge on any atom is 0.269 e. The van der Waals surface area contributed by atoms with E-state index in [0.29, 0.717) is 11.1 Å². The van der Waals surface area contributed by atoms with Crippen LogP contribution in [-0.2, 0) is 0 Å². The van der Waals surface area contributed by atoms with Crippen LogP contribution >= 0.6 is 0 Å². The molecule has 5 nitrogen and oxygen atoms in total. The Morgan fingerprint density at radius 3 is 1.06 bits per heavy atom. The minimum Gasteiger partial charge on any atom is -0.289 e. The van der Waals surface area contributed by atoms with Gasteiger partial charge in [0, 0.05) is 34.4 Å². The predicted octanol–water partition coefficient (Wildman–Crippen LogP) is 5.74. The summed E-state index contributed by atoms with van der Waals surface area (Å²) in [6, 6.07) is 33.0. The molecule has 4 rings (SSSR count). The smallest absolute Gasteiger partial charge is 0.269 e. The van der Waals surface area contributed by atoms with Gasteiger partial charge in [-0.1, -0.05) is 91.0 Å². The molecule has 0 aromatic heterocycles. The maximum absolute atomic E-state index is 12.0. The standard InChI is InChI=1S/C13H9NO3.C13H10O/c15-13(10-4-2-1-3-5-10)11-6-8-12(9-7-11)14(16)17;14-13(11-7-3-1-4-8-11)12-9-5-2-6-10-12/h1-9H;1-10H. The summed E-state index contributed by atoms with van der Waals surface area (Å²) in [6.07, 6.45) is 0. The summed E-state index contributed by atoms with van der Waals surface area (Å²) in [6.45, 7) is 0. The topological polar surface area (TPSA) is 77.3 Å². The highest BCUT2D eigenvalue weighted by molar-refractivity contribution is 6.09. The fourth-order valence-electron chi connectivity index (χ4n) is 2.84. The third-order valence-electron chi connectivity index (χ3n) is 4.45. The van der Waals surface area contributed by atoms with E-state index >= 15 is 0 Å². The number of nitro groups is 1. The molecule has 5 heteroatoms. The highest BCUT2D eigenvalue weighted by Gasteiger charge is 2.10. The lowest BCUT2D eigenvalue weighted by molar-refractivity contribution is -0.384. The normalized spacial score (nSPS) is 9.81. The third-order valence-corrected chi connectivity index (χ3v) is 4.45. The zero-order valence-corrected chi connectivity index (χ0v) is 16.5. The number of benzene rings is 4. The fourth-order valence-corrected chi connectivity index (χ4v) is 2.84. The van der Waals surface area contributed by atoms with Gasteiger partial charge in [0.2, 0.25) is 0 Å². The van der Waals surface area contributed by atoms with Crippen molar-refractivity contribution in [2.75, 3.05) is 0 Å². The van der Waals surface area contributed by atoms with Crippen molar-refractivity contribution in [3.8, 4) is 0 Å². The number of rotatable bonds is 5. The number of carbonyl (C=O) groups excluding carboxylic acids is 2. The second-order valence-electron chi connectivity index (χ2n) is 6.56. The molecule has 0 saturated carbocycles. The van der Waals surface area contributed by atoms with Gasteiger partial charge in [0.15, 0.2) is 11.6 Å². The molecule has 31 heavy (non-hydrogen) atoms. The minimum absolute atomic E-state index is 0.0189. The van der Waals surface area contributed by atoms with Crippen molar-refractivity contribution < 1.29 is 14.5 Å². The molecule has 4 aromatic carbocycles. The molecule has 0 atom stereocenters. The Balaban J connectivity index is 0.000000179. The van der Waals surface area contributed by atoms with E-state index in [4.69, 9.17) is 0 Å². The quantitative estimate of drug-likeness (QED) is 0.239. The average Bonchev–Trinajstić information content (AvgIpc) is 2.85. The summed E-state index contributed by atoms with van der Waals surface area (Å²) in [4.78, 5) is 33.8. The van der Waals surface area contributed by atoms with Crippen LogP contribution in [0, 0.1) is 10.1 Å². The van der Waals surface area contributed by atoms with E-state index in [1.54, 1.807) is 24.3 Å². The van der Waals surface area contributed by atoms with Gasteiger partial charge in [-0.05, 0) is 12.1 Å². The number of nitro benzene ring substituents is 1. The van der Waals surface area contributed by atoms with E-state index in [2.05, 4.69) is 0 Å². The van der Waals surface area contributed by atoms with Gasteiger partial charge in [-0.15, -0.1) is 0 Å². The van der Waals surface area contributed by atoms with Crippen molar-refractivity contribution >= 4 is 17.3 Å². The molecule has 0 bridgehead atoms. The Morgan fingerprint density at radius 2 is 0.774 bits per heavy atom. The Morgan fingerprint density at radius 1 is 0.484 bits per heavy atom. The first kappa shape index (κ1) is 21.3. The second-order valence-corrected chi connectivity index (χ2v) is 6.56. The number of carbonyl (C=O) groups is 2. The number of hydrogen-bond acceptors (Lipinski definition) is 4. The van der Waals surface area contributed by atoms with Gasteiger partial charge in [0.1, 0.15) is 0 Å². The summed E-state index contributed by atoms with van der Waals surface area (Å²) in [5.74, 6) is -0.0632. The van der Waals surface area contributed by atoms with Crippen molar-refractivity contribution in [1.82, 2.24) is 0 Å². The Kier molecular flexibility index (Phi) is 7.16. The van der Waals surface area contributed by atoms with Crippen molar-refractivity contribution in [2.45, 2.75) is 0 Å². The fraction of sp³-hybridized carbons (Fsp3) is 0. The largest absolute Gasteiger partial charge is 0.289 e. The van der Waals surface area contributed by atoms with Crippen LogP contribution in [0.1, 0.15) is 31.8 Å². The summed E-state index contributed by atoms with van der Waals surface area (Å²) >= 11 is 0. The van der Waals surface area contributed by atoms with Crippen LogP contribution < -0.4 is 0 Å². The SMILES string of the molecule is O=C(c1ccccc1)c1ccc([N+](=O)[O-])cc1.O=C(c1ccccc1)c1ccccc1. The first-order valence-electron chi connectivity index (χ1n) is 9.55. The van der Waals surface area contributed by atoms with Crippen molar-refractivity contribution in [1.29, 1.82) is 0 Å². The van der Waals surface area contributed by atoms with Crippen LogP contribution in [-0.4, -0.2) is 16.5 Å². The molecule has 4 aromatic rings. The van der Waals surface area contributed by atoms with Crippen molar-refractivity contribution in [3.05, 3.63) is 148 Å². The molecule has 152 valence electrons. The number of non-ortho nitro benzene ring substituents is 1. The zero-order valence-electron chi connectivity index (χ0n) is 16.5. The highest BCUT2D eigenvalue weighted by atomic mass is 16.6. The van der Waals surface area contributed by atoms with Gasteiger partial charge in [-0.2, -0.15) is 0 Å². The molecule has 0 unspecified atom stereocenters. The summed E-state index contributed by atoms with van der Waals surface area (Å²) in [7, 11) is 0. The molecule has 0 aliphatic carbocycles. The van der Waals surface area contributed by atoms with Gasteiger partial charge in [0.05, 0.1) is 4.92 Å². The van der Waals surface area contributed by atoms with Gasteiger partial charge in [0.25, 0.3) is 5.69 Å². The molecule has 0 N–H and O–H groups in total. The first-order valence-corrected chi connectivity index (χ1v) is 9.55. The summed E-state index contributed by atoms with van der Waals surface area (Å²) in [5, 5.41) is 10.5. The zero-order chi connectivity index (χ0) is 22.1. The van der Waals surface area contributed by atoms with Crippen LogP contribution in [0.2, 0.25) is 0 Å². The molecule has 0 spiro atoms. The number of hydrogen-bond donors (Lipinski definition) is 0.